The molecule has 0 spiro atoms. The van der Waals surface area contributed by atoms with E-state index in [1.165, 1.54) is 5.06 Å². The van der Waals surface area contributed by atoms with Gasteiger partial charge in [0.15, 0.2) is 6.10 Å². The Morgan fingerprint density at radius 3 is 2.04 bits per heavy atom. The number of hydrogen-bond acceptors (Lipinski definition) is 7. The molecule has 0 aromatic rings. The number of carbonyl (C=O) groups is 2. The minimum absolute atomic E-state index is 0.0315. The Balaban J connectivity index is 2.71. The minimum atomic E-state index is -0.655. The van der Waals surface area contributed by atoms with Crippen LogP contribution < -0.4 is 0 Å². The van der Waals surface area contributed by atoms with Gasteiger partial charge in [0.05, 0.1) is 18.6 Å². The van der Waals surface area contributed by atoms with Gasteiger partial charge in [0, 0.05) is 11.1 Å². The average molecular weight is 499 g/mol. The predicted molar refractivity (Wildman–Crippen MR) is 110 cm³/mol. The van der Waals surface area contributed by atoms with Gasteiger partial charge in [-0.15, -0.1) is 0 Å². The summed E-state index contributed by atoms with van der Waals surface area (Å²) < 4.78 is 16.4. The van der Waals surface area contributed by atoms with Crippen molar-refractivity contribution in [1.82, 2.24) is 5.06 Å². The Morgan fingerprint density at radius 1 is 1.07 bits per heavy atom. The number of rotatable bonds is 8. The Morgan fingerprint density at radius 2 is 1.59 bits per heavy atom. The molecule has 2 atom stereocenters. The number of hydrogen-bond donors (Lipinski definition) is 1. The van der Waals surface area contributed by atoms with Gasteiger partial charge >= 0.3 is 11.9 Å². The van der Waals surface area contributed by atoms with Crippen LogP contribution in [0.15, 0.2) is 0 Å². The van der Waals surface area contributed by atoms with Crippen LogP contribution in [0.2, 0.25) is 0 Å². The fourth-order valence-electron chi connectivity index (χ4n) is 3.25. The van der Waals surface area contributed by atoms with Gasteiger partial charge in [-0.25, -0.2) is 0 Å². The lowest BCUT2D eigenvalue weighted by Crippen LogP contribution is -2.60. The van der Waals surface area contributed by atoms with Gasteiger partial charge in [0.25, 0.3) is 0 Å². The quantitative estimate of drug-likeness (QED) is 0.312. The molecule has 0 saturated carbocycles. The van der Waals surface area contributed by atoms with E-state index in [1.807, 2.05) is 50.3 Å². The number of esters is 2. The van der Waals surface area contributed by atoms with Crippen LogP contribution in [0.3, 0.4) is 0 Å². The first kappa shape index (κ1) is 24.6. The lowest BCUT2D eigenvalue weighted by molar-refractivity contribution is -0.263. The molecule has 1 heterocycles. The molecule has 2 unspecified atom stereocenters. The van der Waals surface area contributed by atoms with Gasteiger partial charge in [-0.1, -0.05) is 36.4 Å². The molecule has 158 valence electrons. The molecule has 1 N–H and O–H groups in total. The molecular weight excluding hydrogens is 465 g/mol. The molecule has 0 aromatic heterocycles. The molecule has 0 amide bonds. The van der Waals surface area contributed by atoms with E-state index >= 15 is 0 Å². The van der Waals surface area contributed by atoms with Crippen molar-refractivity contribution in [2.75, 3.05) is 13.2 Å². The second kappa shape index (κ2) is 9.84. The van der Waals surface area contributed by atoms with Crippen molar-refractivity contribution in [3.8, 4) is 0 Å². The summed E-state index contributed by atoms with van der Waals surface area (Å²) in [6.07, 6.45) is 0.528. The number of nitrogens with zero attached hydrogens (tertiary/aromatic N) is 1. The van der Waals surface area contributed by atoms with Crippen molar-refractivity contribution in [3.63, 3.8) is 0 Å². The van der Waals surface area contributed by atoms with Crippen LogP contribution >= 0.6 is 22.6 Å². The first-order valence-corrected chi connectivity index (χ1v) is 10.6. The van der Waals surface area contributed by atoms with E-state index in [4.69, 9.17) is 14.2 Å². The zero-order chi connectivity index (χ0) is 21.0. The standard InChI is InChI=1S/C19H34INO6/c1-12(2)16(22)27-15(11-26-17(23)13(3)20)10-25-14-8-18(4,5)21(24)19(6,7)9-14/h12-15,24H,8-11H2,1-7H3. The Hall–Kier alpha value is -0.450. The molecule has 1 aliphatic heterocycles. The molecule has 27 heavy (non-hydrogen) atoms. The summed E-state index contributed by atoms with van der Waals surface area (Å²) in [5.41, 5.74) is -0.862. The molecule has 0 aliphatic carbocycles. The third-order valence-electron chi connectivity index (χ3n) is 4.61. The van der Waals surface area contributed by atoms with Crippen molar-refractivity contribution >= 4 is 34.5 Å². The van der Waals surface area contributed by atoms with Gasteiger partial charge in [-0.05, 0) is 47.5 Å². The number of carbonyl (C=O) groups excluding carboxylic acids is 2. The van der Waals surface area contributed by atoms with Crippen LogP contribution in [0.1, 0.15) is 61.3 Å². The van der Waals surface area contributed by atoms with Crippen LogP contribution in [0.4, 0.5) is 0 Å². The molecule has 0 aromatic carbocycles. The Kier molecular flexibility index (Phi) is 8.97. The zero-order valence-electron chi connectivity index (χ0n) is 17.5. The Labute approximate surface area is 176 Å². The summed E-state index contributed by atoms with van der Waals surface area (Å²) >= 11 is 1.98. The van der Waals surface area contributed by atoms with E-state index in [-0.39, 0.29) is 41.1 Å². The third kappa shape index (κ3) is 7.47. The molecule has 1 saturated heterocycles. The third-order valence-corrected chi connectivity index (χ3v) is 5.12. The molecule has 1 fully saturated rings. The SMILES string of the molecule is CC(C)C(=O)OC(COC(=O)C(C)I)COC1CC(C)(C)N(O)C(C)(C)C1. The van der Waals surface area contributed by atoms with E-state index < -0.39 is 17.2 Å². The predicted octanol–water partition coefficient (Wildman–Crippen LogP) is 3.35. The van der Waals surface area contributed by atoms with Crippen molar-refractivity contribution < 1.29 is 29.0 Å². The number of alkyl halides is 1. The first-order valence-electron chi connectivity index (χ1n) is 9.38. The lowest BCUT2D eigenvalue weighted by Gasteiger charge is -2.51. The van der Waals surface area contributed by atoms with Crippen molar-refractivity contribution in [2.45, 2.75) is 88.5 Å². The fraction of sp³-hybridized carbons (Fsp3) is 0.895. The minimum Gasteiger partial charge on any atom is -0.461 e. The maximum Gasteiger partial charge on any atom is 0.318 e. The second-order valence-corrected chi connectivity index (χ2v) is 10.6. The molecule has 0 radical (unpaired) electrons. The topological polar surface area (TPSA) is 85.3 Å². The number of ether oxygens (including phenoxy) is 3. The Bertz CT molecular complexity index is 502. The van der Waals surface area contributed by atoms with Gasteiger partial charge < -0.3 is 19.4 Å². The molecule has 1 rings (SSSR count). The van der Waals surface area contributed by atoms with Crippen molar-refractivity contribution in [3.05, 3.63) is 0 Å². The number of piperidine rings is 1. The van der Waals surface area contributed by atoms with E-state index in [0.717, 1.165) is 0 Å². The first-order chi connectivity index (χ1) is 12.3. The summed E-state index contributed by atoms with van der Waals surface area (Å²) in [5, 5.41) is 11.8. The van der Waals surface area contributed by atoms with Crippen LogP contribution in [0.5, 0.6) is 0 Å². The molecule has 0 bridgehead atoms. The van der Waals surface area contributed by atoms with E-state index in [0.29, 0.717) is 12.8 Å². The van der Waals surface area contributed by atoms with E-state index in [1.54, 1.807) is 20.8 Å². The second-order valence-electron chi connectivity index (χ2n) is 8.76. The van der Waals surface area contributed by atoms with Crippen LogP contribution in [0.25, 0.3) is 0 Å². The highest BCUT2D eigenvalue weighted by Crippen LogP contribution is 2.37. The van der Waals surface area contributed by atoms with Crippen LogP contribution in [0, 0.1) is 5.92 Å². The molecule has 1 aliphatic rings. The normalized spacial score (nSPS) is 22.3. The highest BCUT2D eigenvalue weighted by Gasteiger charge is 2.45. The summed E-state index contributed by atoms with van der Waals surface area (Å²) in [6, 6.07) is 0. The van der Waals surface area contributed by atoms with Crippen LogP contribution in [-0.2, 0) is 23.8 Å². The summed E-state index contributed by atoms with van der Waals surface area (Å²) in [4.78, 5) is 23.7. The summed E-state index contributed by atoms with van der Waals surface area (Å²) in [6.45, 7) is 13.2. The average Bonchev–Trinajstić information content (AvgIpc) is 2.53. The zero-order valence-corrected chi connectivity index (χ0v) is 19.6. The van der Waals surface area contributed by atoms with Gasteiger partial charge in [0.2, 0.25) is 0 Å². The van der Waals surface area contributed by atoms with E-state index in [2.05, 4.69) is 0 Å². The molecular formula is C19H34INO6. The molecule has 8 heteroatoms. The maximum absolute atomic E-state index is 12.0. The van der Waals surface area contributed by atoms with Gasteiger partial charge in [-0.2, -0.15) is 5.06 Å². The smallest absolute Gasteiger partial charge is 0.318 e. The van der Waals surface area contributed by atoms with Gasteiger partial charge in [0.1, 0.15) is 10.5 Å². The van der Waals surface area contributed by atoms with Gasteiger partial charge in [-0.3, -0.25) is 9.59 Å². The van der Waals surface area contributed by atoms with E-state index in [9.17, 15) is 14.8 Å². The summed E-state index contributed by atoms with van der Waals surface area (Å²) in [5.74, 6) is -0.979. The maximum atomic E-state index is 12.0. The highest BCUT2D eigenvalue weighted by molar-refractivity contribution is 14.1. The number of hydroxylamine groups is 2. The summed E-state index contributed by atoms with van der Waals surface area (Å²) in [7, 11) is 0. The highest BCUT2D eigenvalue weighted by atomic mass is 127. The fourth-order valence-corrected chi connectivity index (χ4v) is 3.43. The monoisotopic (exact) mass is 499 g/mol. The van der Waals surface area contributed by atoms with Crippen molar-refractivity contribution in [2.24, 2.45) is 5.92 Å². The van der Waals surface area contributed by atoms with Crippen molar-refractivity contribution in [1.29, 1.82) is 0 Å². The van der Waals surface area contributed by atoms with Crippen LogP contribution in [-0.4, -0.2) is 62.6 Å². The molecule has 7 nitrogen and oxygen atoms in total. The largest absolute Gasteiger partial charge is 0.461 e. The lowest BCUT2D eigenvalue weighted by atomic mass is 9.80. The number of halogens is 1.